The number of nitrogens with one attached hydrogen (secondary N) is 1. The summed E-state index contributed by atoms with van der Waals surface area (Å²) in [4.78, 5) is 12.7. The van der Waals surface area contributed by atoms with Crippen LogP contribution in [0, 0.1) is 0 Å². The standard InChI is InChI=1S/C19H29ClN2O4S/c1-13(2)22(4)27(24,25)16-9-10-18(20)17(12-16)19(23)21-14(3)7-8-15-6-5-11-26-15/h9-10,12-15H,5-8,11H2,1-4H3,(H,21,23). The van der Waals surface area contributed by atoms with E-state index in [4.69, 9.17) is 16.3 Å². The molecule has 2 rings (SSSR count). The molecular weight excluding hydrogens is 388 g/mol. The third-order valence-corrected chi connectivity index (χ3v) is 7.27. The third kappa shape index (κ3) is 5.67. The summed E-state index contributed by atoms with van der Waals surface area (Å²) in [5.41, 5.74) is 0.166. The lowest BCUT2D eigenvalue weighted by molar-refractivity contribution is 0.0899. The van der Waals surface area contributed by atoms with Gasteiger partial charge in [0.05, 0.1) is 21.6 Å². The van der Waals surface area contributed by atoms with Crippen LogP contribution in [-0.2, 0) is 14.8 Å². The Morgan fingerprint density at radius 2 is 2.07 bits per heavy atom. The minimum Gasteiger partial charge on any atom is -0.378 e. The van der Waals surface area contributed by atoms with Crippen molar-refractivity contribution in [3.05, 3.63) is 28.8 Å². The highest BCUT2D eigenvalue weighted by atomic mass is 35.5. The number of halogens is 1. The van der Waals surface area contributed by atoms with Crippen LogP contribution in [0.5, 0.6) is 0 Å². The molecule has 8 heteroatoms. The molecule has 0 aromatic heterocycles. The molecule has 0 radical (unpaired) electrons. The average Bonchev–Trinajstić information content (AvgIpc) is 3.12. The number of ether oxygens (including phenoxy) is 1. The number of sulfonamides is 1. The molecule has 1 N–H and O–H groups in total. The summed E-state index contributed by atoms with van der Waals surface area (Å²) >= 11 is 6.16. The first-order valence-electron chi connectivity index (χ1n) is 9.33. The van der Waals surface area contributed by atoms with Gasteiger partial charge in [-0.1, -0.05) is 11.6 Å². The summed E-state index contributed by atoms with van der Waals surface area (Å²) in [5, 5.41) is 3.13. The van der Waals surface area contributed by atoms with Crippen LogP contribution >= 0.6 is 11.6 Å². The molecule has 1 fully saturated rings. The Hall–Kier alpha value is -1.15. The van der Waals surface area contributed by atoms with Crippen molar-refractivity contribution >= 4 is 27.5 Å². The van der Waals surface area contributed by atoms with Gasteiger partial charge in [-0.15, -0.1) is 0 Å². The Morgan fingerprint density at radius 1 is 1.37 bits per heavy atom. The maximum atomic E-state index is 12.7. The lowest BCUT2D eigenvalue weighted by Gasteiger charge is -2.21. The molecule has 1 aliphatic heterocycles. The van der Waals surface area contributed by atoms with Crippen molar-refractivity contribution in [1.29, 1.82) is 0 Å². The van der Waals surface area contributed by atoms with E-state index in [2.05, 4.69) is 5.32 Å². The molecule has 1 amide bonds. The molecule has 0 spiro atoms. The fourth-order valence-electron chi connectivity index (χ4n) is 2.96. The highest BCUT2D eigenvalue weighted by Gasteiger charge is 2.25. The first-order valence-corrected chi connectivity index (χ1v) is 11.1. The predicted octanol–water partition coefficient (Wildman–Crippen LogP) is 3.45. The van der Waals surface area contributed by atoms with E-state index >= 15 is 0 Å². The second kappa shape index (κ2) is 9.37. The van der Waals surface area contributed by atoms with Crippen molar-refractivity contribution in [3.8, 4) is 0 Å². The van der Waals surface area contributed by atoms with E-state index < -0.39 is 10.0 Å². The Labute approximate surface area is 167 Å². The molecule has 152 valence electrons. The Bertz CT molecular complexity index is 761. The second-order valence-electron chi connectivity index (χ2n) is 7.34. The van der Waals surface area contributed by atoms with Gasteiger partial charge in [0.1, 0.15) is 0 Å². The highest BCUT2D eigenvalue weighted by molar-refractivity contribution is 7.89. The SMILES string of the molecule is CC(CCC1CCCO1)NC(=O)c1cc(S(=O)(=O)N(C)C(C)C)ccc1Cl. The number of hydrogen-bond acceptors (Lipinski definition) is 4. The minimum atomic E-state index is -3.68. The fourth-order valence-corrected chi connectivity index (χ4v) is 4.56. The summed E-state index contributed by atoms with van der Waals surface area (Å²) in [6.07, 6.45) is 4.11. The predicted molar refractivity (Wildman–Crippen MR) is 107 cm³/mol. The number of amides is 1. The van der Waals surface area contributed by atoms with Crippen molar-refractivity contribution in [2.75, 3.05) is 13.7 Å². The van der Waals surface area contributed by atoms with Gasteiger partial charge in [0.25, 0.3) is 5.91 Å². The summed E-state index contributed by atoms with van der Waals surface area (Å²) in [5.74, 6) is -0.371. The average molecular weight is 417 g/mol. The molecule has 1 aromatic carbocycles. The topological polar surface area (TPSA) is 75.7 Å². The van der Waals surface area contributed by atoms with E-state index in [1.54, 1.807) is 13.8 Å². The van der Waals surface area contributed by atoms with Gasteiger partial charge in [-0.3, -0.25) is 4.79 Å². The van der Waals surface area contributed by atoms with Crippen molar-refractivity contribution < 1.29 is 17.9 Å². The summed E-state index contributed by atoms with van der Waals surface area (Å²) in [6.45, 7) is 6.31. The first kappa shape index (κ1) is 22.1. The monoisotopic (exact) mass is 416 g/mol. The zero-order chi connectivity index (χ0) is 20.2. The number of carbonyl (C=O) groups is 1. The van der Waals surface area contributed by atoms with Crippen LogP contribution in [0.3, 0.4) is 0 Å². The second-order valence-corrected chi connectivity index (χ2v) is 9.75. The maximum absolute atomic E-state index is 12.7. The number of hydrogen-bond donors (Lipinski definition) is 1. The van der Waals surface area contributed by atoms with Crippen molar-refractivity contribution in [2.24, 2.45) is 0 Å². The minimum absolute atomic E-state index is 0.0558. The van der Waals surface area contributed by atoms with Crippen molar-refractivity contribution in [2.45, 2.75) is 69.5 Å². The molecule has 1 heterocycles. The lowest BCUT2D eigenvalue weighted by atomic mass is 10.1. The molecule has 0 bridgehead atoms. The highest BCUT2D eigenvalue weighted by Crippen LogP contribution is 2.24. The van der Waals surface area contributed by atoms with Crippen LogP contribution in [0.25, 0.3) is 0 Å². The van der Waals surface area contributed by atoms with Crippen LogP contribution in [0.4, 0.5) is 0 Å². The molecule has 0 aliphatic carbocycles. The van der Waals surface area contributed by atoms with E-state index in [9.17, 15) is 13.2 Å². The lowest BCUT2D eigenvalue weighted by Crippen LogP contribution is -2.34. The van der Waals surface area contributed by atoms with Crippen molar-refractivity contribution in [1.82, 2.24) is 9.62 Å². The molecule has 27 heavy (non-hydrogen) atoms. The van der Waals surface area contributed by atoms with Gasteiger partial charge in [0.2, 0.25) is 10.0 Å². The molecule has 1 saturated heterocycles. The van der Waals surface area contributed by atoms with Gasteiger partial charge < -0.3 is 10.1 Å². The van der Waals surface area contributed by atoms with Gasteiger partial charge in [-0.05, 0) is 64.7 Å². The quantitative estimate of drug-likeness (QED) is 0.704. The Morgan fingerprint density at radius 3 is 2.67 bits per heavy atom. The zero-order valence-corrected chi connectivity index (χ0v) is 17.9. The van der Waals surface area contributed by atoms with E-state index in [0.29, 0.717) is 0 Å². The van der Waals surface area contributed by atoms with Gasteiger partial charge in [0, 0.05) is 25.7 Å². The Kier molecular flexibility index (Phi) is 7.68. The van der Waals surface area contributed by atoms with Crippen LogP contribution in [-0.4, -0.2) is 50.5 Å². The van der Waals surface area contributed by atoms with Crippen LogP contribution in [0.1, 0.15) is 56.8 Å². The fraction of sp³-hybridized carbons (Fsp3) is 0.632. The van der Waals surface area contributed by atoms with Crippen LogP contribution < -0.4 is 5.32 Å². The number of benzene rings is 1. The van der Waals surface area contributed by atoms with Gasteiger partial charge in [-0.25, -0.2) is 8.42 Å². The largest absolute Gasteiger partial charge is 0.378 e. The molecule has 6 nitrogen and oxygen atoms in total. The van der Waals surface area contributed by atoms with Crippen LogP contribution in [0.15, 0.2) is 23.1 Å². The molecule has 2 atom stereocenters. The first-order chi connectivity index (χ1) is 12.6. The summed E-state index contributed by atoms with van der Waals surface area (Å²) in [6, 6.07) is 3.97. The molecule has 0 saturated carbocycles. The number of carbonyl (C=O) groups excluding carboxylic acids is 1. The van der Waals surface area contributed by atoms with E-state index in [1.807, 2.05) is 6.92 Å². The van der Waals surface area contributed by atoms with Crippen LogP contribution in [0.2, 0.25) is 5.02 Å². The smallest absolute Gasteiger partial charge is 0.253 e. The Balaban J connectivity index is 2.09. The molecule has 2 unspecified atom stereocenters. The summed E-state index contributed by atoms with van der Waals surface area (Å²) < 4.78 is 32.2. The van der Waals surface area contributed by atoms with Gasteiger partial charge >= 0.3 is 0 Å². The molecule has 1 aromatic rings. The van der Waals surface area contributed by atoms with E-state index in [-0.39, 0.29) is 39.6 Å². The van der Waals surface area contributed by atoms with Gasteiger partial charge in [-0.2, -0.15) is 4.31 Å². The maximum Gasteiger partial charge on any atom is 0.253 e. The number of nitrogens with zero attached hydrogens (tertiary/aromatic N) is 1. The van der Waals surface area contributed by atoms with E-state index in [1.165, 1.54) is 29.6 Å². The molecule has 1 aliphatic rings. The van der Waals surface area contributed by atoms with E-state index in [0.717, 1.165) is 32.3 Å². The summed E-state index contributed by atoms with van der Waals surface area (Å²) in [7, 11) is -2.17. The number of rotatable bonds is 8. The zero-order valence-electron chi connectivity index (χ0n) is 16.4. The molecular formula is C19H29ClN2O4S. The normalized spacial score (nSPS) is 18.9. The third-order valence-electron chi connectivity index (χ3n) is 4.91. The van der Waals surface area contributed by atoms with Gasteiger partial charge in [0.15, 0.2) is 0 Å². The van der Waals surface area contributed by atoms with Crippen molar-refractivity contribution in [3.63, 3.8) is 0 Å².